The van der Waals surface area contributed by atoms with Crippen molar-refractivity contribution in [2.24, 2.45) is 0 Å². The molecule has 0 radical (unpaired) electrons. The molecule has 1 saturated carbocycles. The van der Waals surface area contributed by atoms with Crippen LogP contribution in [0.5, 0.6) is 11.5 Å². The standard InChI is InChI=1S/C28H36N2O4/c1-20-8-6-7-9-23(20)19-30(21(2)28(32)29-24-10-4-3-5-11-24)27(31)15-13-22-12-14-25-26(18-22)34-17-16-33-25/h6-9,12,14,18,21,24H,3-5,10-11,13,15-17,19H2,1-2H3,(H,29,32)/t21-/m1/s1. The number of hydrogen-bond donors (Lipinski definition) is 1. The smallest absolute Gasteiger partial charge is 0.242 e. The number of fused-ring (bicyclic) bond motifs is 1. The maximum atomic E-state index is 13.4. The van der Waals surface area contributed by atoms with Gasteiger partial charge in [0.05, 0.1) is 0 Å². The zero-order valence-electron chi connectivity index (χ0n) is 20.3. The van der Waals surface area contributed by atoms with E-state index in [4.69, 9.17) is 9.47 Å². The van der Waals surface area contributed by atoms with Crippen LogP contribution in [0.4, 0.5) is 0 Å². The van der Waals surface area contributed by atoms with Crippen molar-refractivity contribution in [3.63, 3.8) is 0 Å². The summed E-state index contributed by atoms with van der Waals surface area (Å²) in [5.41, 5.74) is 3.20. The summed E-state index contributed by atoms with van der Waals surface area (Å²) in [6.07, 6.45) is 6.49. The van der Waals surface area contributed by atoms with Crippen LogP contribution >= 0.6 is 0 Å². The van der Waals surface area contributed by atoms with Gasteiger partial charge in [0.15, 0.2) is 11.5 Å². The summed E-state index contributed by atoms with van der Waals surface area (Å²) in [5.74, 6) is 1.39. The van der Waals surface area contributed by atoms with Crippen molar-refractivity contribution < 1.29 is 19.1 Å². The van der Waals surface area contributed by atoms with Gasteiger partial charge in [0.2, 0.25) is 11.8 Å². The van der Waals surface area contributed by atoms with E-state index in [-0.39, 0.29) is 17.9 Å². The lowest BCUT2D eigenvalue weighted by molar-refractivity contribution is -0.141. The molecule has 0 bridgehead atoms. The third-order valence-electron chi connectivity index (χ3n) is 6.95. The van der Waals surface area contributed by atoms with Gasteiger partial charge in [0.25, 0.3) is 0 Å². The molecule has 0 aromatic heterocycles. The molecule has 1 atom stereocenters. The van der Waals surface area contributed by atoms with E-state index in [0.29, 0.717) is 32.6 Å². The van der Waals surface area contributed by atoms with Crippen LogP contribution in [0.1, 0.15) is 62.1 Å². The molecule has 6 heteroatoms. The summed E-state index contributed by atoms with van der Waals surface area (Å²) in [6, 6.07) is 13.6. The molecule has 1 aliphatic heterocycles. The number of aryl methyl sites for hydroxylation is 2. The topological polar surface area (TPSA) is 67.9 Å². The molecule has 1 aliphatic carbocycles. The fourth-order valence-corrected chi connectivity index (χ4v) is 4.76. The minimum atomic E-state index is -0.533. The number of carbonyl (C=O) groups is 2. The van der Waals surface area contributed by atoms with Crippen LogP contribution < -0.4 is 14.8 Å². The van der Waals surface area contributed by atoms with Crippen molar-refractivity contribution in [2.45, 2.75) is 77.4 Å². The van der Waals surface area contributed by atoms with Gasteiger partial charge in [-0.25, -0.2) is 0 Å². The van der Waals surface area contributed by atoms with Gasteiger partial charge >= 0.3 is 0 Å². The monoisotopic (exact) mass is 464 g/mol. The van der Waals surface area contributed by atoms with Crippen molar-refractivity contribution in [1.29, 1.82) is 0 Å². The fourth-order valence-electron chi connectivity index (χ4n) is 4.76. The quantitative estimate of drug-likeness (QED) is 0.622. The number of nitrogens with one attached hydrogen (secondary N) is 1. The number of benzene rings is 2. The molecule has 2 aromatic carbocycles. The Kier molecular flexibility index (Phi) is 8.09. The lowest BCUT2D eigenvalue weighted by atomic mass is 9.95. The average Bonchev–Trinajstić information content (AvgIpc) is 2.87. The highest BCUT2D eigenvalue weighted by molar-refractivity contribution is 5.87. The van der Waals surface area contributed by atoms with Crippen LogP contribution in [0.3, 0.4) is 0 Å². The molecule has 182 valence electrons. The maximum Gasteiger partial charge on any atom is 0.242 e. The Hall–Kier alpha value is -3.02. The highest BCUT2D eigenvalue weighted by Crippen LogP contribution is 2.31. The summed E-state index contributed by atoms with van der Waals surface area (Å²) in [4.78, 5) is 28.3. The Morgan fingerprint density at radius 3 is 2.53 bits per heavy atom. The van der Waals surface area contributed by atoms with Gasteiger partial charge in [-0.15, -0.1) is 0 Å². The van der Waals surface area contributed by atoms with Gasteiger partial charge in [-0.2, -0.15) is 0 Å². The Morgan fingerprint density at radius 1 is 1.03 bits per heavy atom. The second-order valence-corrected chi connectivity index (χ2v) is 9.45. The van der Waals surface area contributed by atoms with Crippen molar-refractivity contribution in [2.75, 3.05) is 13.2 Å². The van der Waals surface area contributed by atoms with E-state index in [1.165, 1.54) is 6.42 Å². The second-order valence-electron chi connectivity index (χ2n) is 9.45. The van der Waals surface area contributed by atoms with Gasteiger partial charge in [-0.3, -0.25) is 9.59 Å². The summed E-state index contributed by atoms with van der Waals surface area (Å²) in [6.45, 7) is 5.40. The molecule has 0 saturated heterocycles. The maximum absolute atomic E-state index is 13.4. The van der Waals surface area contributed by atoms with Crippen LogP contribution in [-0.4, -0.2) is 42.0 Å². The van der Waals surface area contributed by atoms with Crippen LogP contribution in [-0.2, 0) is 22.6 Å². The van der Waals surface area contributed by atoms with Gasteiger partial charge in [0, 0.05) is 19.0 Å². The highest BCUT2D eigenvalue weighted by Gasteiger charge is 2.28. The third kappa shape index (κ3) is 6.10. The SMILES string of the molecule is Cc1ccccc1CN(C(=O)CCc1ccc2c(c1)OCCO2)[C@H](C)C(=O)NC1CCCCC1. The first-order valence-electron chi connectivity index (χ1n) is 12.5. The van der Waals surface area contributed by atoms with Gasteiger partial charge in [-0.05, 0) is 61.9 Å². The van der Waals surface area contributed by atoms with Gasteiger partial charge in [0.1, 0.15) is 19.3 Å². The Balaban J connectivity index is 1.45. The lowest BCUT2D eigenvalue weighted by Crippen LogP contribution is -2.50. The van der Waals surface area contributed by atoms with Gasteiger partial charge in [-0.1, -0.05) is 49.6 Å². The molecule has 2 amide bonds. The third-order valence-corrected chi connectivity index (χ3v) is 6.95. The molecule has 0 unspecified atom stereocenters. The Labute approximate surface area is 202 Å². The first-order chi connectivity index (χ1) is 16.5. The van der Waals surface area contributed by atoms with Crippen molar-refractivity contribution in [3.05, 3.63) is 59.2 Å². The van der Waals surface area contributed by atoms with E-state index >= 15 is 0 Å². The molecule has 34 heavy (non-hydrogen) atoms. The molecule has 1 N–H and O–H groups in total. The molecule has 4 rings (SSSR count). The fraction of sp³-hybridized carbons (Fsp3) is 0.500. The van der Waals surface area contributed by atoms with Crippen LogP contribution in [0, 0.1) is 6.92 Å². The predicted octanol–water partition coefficient (Wildman–Crippen LogP) is 4.57. The van der Waals surface area contributed by atoms with Crippen LogP contribution in [0.25, 0.3) is 0 Å². The number of ether oxygens (including phenoxy) is 2. The van der Waals surface area contributed by atoms with E-state index < -0.39 is 6.04 Å². The summed E-state index contributed by atoms with van der Waals surface area (Å²) < 4.78 is 11.3. The summed E-state index contributed by atoms with van der Waals surface area (Å²) >= 11 is 0. The first-order valence-corrected chi connectivity index (χ1v) is 12.5. The number of carbonyl (C=O) groups excluding carboxylic acids is 2. The van der Waals surface area contributed by atoms with Crippen molar-refractivity contribution in [1.82, 2.24) is 10.2 Å². The molecule has 0 spiro atoms. The van der Waals surface area contributed by atoms with Gasteiger partial charge < -0.3 is 19.7 Å². The largest absolute Gasteiger partial charge is 0.486 e. The highest BCUT2D eigenvalue weighted by atomic mass is 16.6. The average molecular weight is 465 g/mol. The van der Waals surface area contributed by atoms with E-state index in [1.807, 2.05) is 56.3 Å². The van der Waals surface area contributed by atoms with Crippen molar-refractivity contribution in [3.8, 4) is 11.5 Å². The van der Waals surface area contributed by atoms with E-state index in [2.05, 4.69) is 5.32 Å². The lowest BCUT2D eigenvalue weighted by Gasteiger charge is -2.31. The molecular formula is C28H36N2O4. The molecule has 1 fully saturated rings. The second kappa shape index (κ2) is 11.4. The molecule has 1 heterocycles. The number of hydrogen-bond acceptors (Lipinski definition) is 4. The van der Waals surface area contributed by atoms with Crippen LogP contribution in [0.2, 0.25) is 0 Å². The van der Waals surface area contributed by atoms with E-state index in [9.17, 15) is 9.59 Å². The molecule has 2 aromatic rings. The molecule has 2 aliphatic rings. The normalized spacial score (nSPS) is 16.5. The number of nitrogens with zero attached hydrogens (tertiary/aromatic N) is 1. The Bertz CT molecular complexity index is 1000. The van der Waals surface area contributed by atoms with E-state index in [1.54, 1.807) is 4.90 Å². The zero-order chi connectivity index (χ0) is 23.9. The number of amides is 2. The summed E-state index contributed by atoms with van der Waals surface area (Å²) in [7, 11) is 0. The number of rotatable bonds is 8. The predicted molar refractivity (Wildman–Crippen MR) is 132 cm³/mol. The summed E-state index contributed by atoms with van der Waals surface area (Å²) in [5, 5.41) is 3.20. The van der Waals surface area contributed by atoms with Crippen LogP contribution in [0.15, 0.2) is 42.5 Å². The Morgan fingerprint density at radius 2 is 1.76 bits per heavy atom. The van der Waals surface area contributed by atoms with E-state index in [0.717, 1.165) is 53.9 Å². The minimum Gasteiger partial charge on any atom is -0.486 e. The minimum absolute atomic E-state index is 0.0237. The molecular weight excluding hydrogens is 428 g/mol. The first kappa shape index (κ1) is 24.1. The van der Waals surface area contributed by atoms with Crippen molar-refractivity contribution >= 4 is 11.8 Å². The molecule has 6 nitrogen and oxygen atoms in total. The zero-order valence-corrected chi connectivity index (χ0v) is 20.3.